The molecular weight excluding hydrogens is 198 g/mol. The first-order valence-corrected chi connectivity index (χ1v) is 4.51. The van der Waals surface area contributed by atoms with E-state index in [1.54, 1.807) is 25.6 Å². The predicted octanol–water partition coefficient (Wildman–Crippen LogP) is -1.08. The van der Waals surface area contributed by atoms with Gasteiger partial charge in [-0.2, -0.15) is 5.10 Å². The Balaban J connectivity index is 3.10. The second kappa shape index (κ2) is 4.00. The van der Waals surface area contributed by atoms with Crippen LogP contribution >= 0.6 is 0 Å². The molecule has 1 aromatic rings. The van der Waals surface area contributed by atoms with Crippen LogP contribution in [0.25, 0.3) is 0 Å². The quantitative estimate of drug-likeness (QED) is 0.594. The number of rotatable bonds is 3. The predicted molar refractivity (Wildman–Crippen MR) is 52.8 cm³/mol. The standard InChI is InChI=1S/C9H15N3O3/c1-4-6(5(2)12(3)11-4)7(13)8(14)9(10)15/h7-8,13-14H,1-3H3,(H2,10,15). The maximum atomic E-state index is 10.7. The van der Waals surface area contributed by atoms with E-state index in [0.717, 1.165) is 0 Å². The van der Waals surface area contributed by atoms with Crippen LogP contribution in [0.1, 0.15) is 23.1 Å². The van der Waals surface area contributed by atoms with Crippen LogP contribution in [0.15, 0.2) is 0 Å². The Morgan fingerprint density at radius 3 is 2.33 bits per heavy atom. The molecule has 6 nitrogen and oxygen atoms in total. The summed E-state index contributed by atoms with van der Waals surface area (Å²) in [6.45, 7) is 3.44. The molecule has 6 heteroatoms. The number of carbonyl (C=O) groups is 1. The zero-order valence-electron chi connectivity index (χ0n) is 8.93. The molecule has 2 unspecified atom stereocenters. The van der Waals surface area contributed by atoms with E-state index >= 15 is 0 Å². The lowest BCUT2D eigenvalue weighted by Gasteiger charge is -2.15. The molecule has 0 saturated carbocycles. The Morgan fingerprint density at radius 1 is 1.47 bits per heavy atom. The largest absolute Gasteiger partial charge is 0.385 e. The van der Waals surface area contributed by atoms with Crippen LogP contribution in [0.3, 0.4) is 0 Å². The van der Waals surface area contributed by atoms with Gasteiger partial charge in [0, 0.05) is 18.3 Å². The molecule has 0 aliphatic carbocycles. The van der Waals surface area contributed by atoms with Gasteiger partial charge in [0.25, 0.3) is 0 Å². The molecule has 0 aliphatic heterocycles. The van der Waals surface area contributed by atoms with E-state index in [-0.39, 0.29) is 0 Å². The van der Waals surface area contributed by atoms with Crippen molar-refractivity contribution in [1.82, 2.24) is 9.78 Å². The number of aryl methyl sites for hydroxylation is 2. The van der Waals surface area contributed by atoms with E-state index in [4.69, 9.17) is 5.73 Å². The first-order valence-electron chi connectivity index (χ1n) is 4.51. The van der Waals surface area contributed by atoms with Crippen molar-refractivity contribution in [3.8, 4) is 0 Å². The minimum atomic E-state index is -1.61. The topological polar surface area (TPSA) is 101 Å². The summed E-state index contributed by atoms with van der Waals surface area (Å²) in [5.41, 5.74) is 6.62. The molecule has 1 amide bonds. The number of hydrogen-bond donors (Lipinski definition) is 3. The lowest BCUT2D eigenvalue weighted by molar-refractivity contribution is -0.132. The van der Waals surface area contributed by atoms with Gasteiger partial charge in [0.2, 0.25) is 5.91 Å². The normalized spacial score (nSPS) is 15.0. The Labute approximate surface area is 87.3 Å². The summed E-state index contributed by atoms with van der Waals surface area (Å²) in [5, 5.41) is 23.1. The number of nitrogens with two attached hydrogens (primary N) is 1. The van der Waals surface area contributed by atoms with Gasteiger partial charge in [-0.15, -0.1) is 0 Å². The minimum Gasteiger partial charge on any atom is -0.385 e. The van der Waals surface area contributed by atoms with Crippen molar-refractivity contribution < 1.29 is 15.0 Å². The highest BCUT2D eigenvalue weighted by atomic mass is 16.3. The van der Waals surface area contributed by atoms with Crippen LogP contribution in [0.4, 0.5) is 0 Å². The fourth-order valence-corrected chi connectivity index (χ4v) is 1.53. The molecule has 1 rings (SSSR count). The minimum absolute atomic E-state index is 0.448. The average Bonchev–Trinajstić information content (AvgIpc) is 2.39. The second-order valence-electron chi connectivity index (χ2n) is 3.50. The smallest absolute Gasteiger partial charge is 0.249 e. The first kappa shape index (κ1) is 11.7. The van der Waals surface area contributed by atoms with Crippen LogP contribution in [-0.2, 0) is 11.8 Å². The molecule has 0 saturated heterocycles. The third-order valence-corrected chi connectivity index (χ3v) is 2.45. The Kier molecular flexibility index (Phi) is 3.11. The molecule has 15 heavy (non-hydrogen) atoms. The molecule has 0 fully saturated rings. The van der Waals surface area contributed by atoms with Crippen LogP contribution < -0.4 is 5.73 Å². The molecule has 0 spiro atoms. The van der Waals surface area contributed by atoms with Crippen molar-refractivity contribution in [3.63, 3.8) is 0 Å². The molecule has 0 aliphatic rings. The molecule has 4 N–H and O–H groups in total. The van der Waals surface area contributed by atoms with E-state index in [1.807, 2.05) is 0 Å². The van der Waals surface area contributed by atoms with E-state index < -0.39 is 18.1 Å². The first-order chi connectivity index (χ1) is 6.86. The lowest BCUT2D eigenvalue weighted by Crippen LogP contribution is -2.34. The molecular formula is C9H15N3O3. The summed E-state index contributed by atoms with van der Waals surface area (Å²) in [4.78, 5) is 10.7. The van der Waals surface area contributed by atoms with Crippen LogP contribution in [0.2, 0.25) is 0 Å². The summed E-state index contributed by atoms with van der Waals surface area (Å²) in [7, 11) is 1.72. The van der Waals surface area contributed by atoms with Gasteiger partial charge in [0.15, 0.2) is 6.10 Å². The Morgan fingerprint density at radius 2 is 2.00 bits per heavy atom. The summed E-state index contributed by atoms with van der Waals surface area (Å²) in [6, 6.07) is 0. The molecule has 0 aromatic carbocycles. The molecule has 0 bridgehead atoms. The fourth-order valence-electron chi connectivity index (χ4n) is 1.53. The number of carbonyl (C=O) groups excluding carboxylic acids is 1. The highest BCUT2D eigenvalue weighted by Crippen LogP contribution is 2.23. The van der Waals surface area contributed by atoms with Crippen molar-refractivity contribution >= 4 is 5.91 Å². The highest BCUT2D eigenvalue weighted by molar-refractivity contribution is 5.79. The number of nitrogens with zero attached hydrogens (tertiary/aromatic N) is 2. The van der Waals surface area contributed by atoms with Crippen LogP contribution in [0.5, 0.6) is 0 Å². The number of aliphatic hydroxyl groups excluding tert-OH is 2. The van der Waals surface area contributed by atoms with Crippen molar-refractivity contribution in [1.29, 1.82) is 0 Å². The monoisotopic (exact) mass is 213 g/mol. The van der Waals surface area contributed by atoms with Gasteiger partial charge in [0.05, 0.1) is 5.69 Å². The number of aliphatic hydroxyl groups is 2. The third kappa shape index (κ3) is 2.00. The van der Waals surface area contributed by atoms with Crippen molar-refractivity contribution in [2.75, 3.05) is 0 Å². The van der Waals surface area contributed by atoms with Gasteiger partial charge >= 0.3 is 0 Å². The summed E-state index contributed by atoms with van der Waals surface area (Å²) >= 11 is 0. The van der Waals surface area contributed by atoms with E-state index in [0.29, 0.717) is 17.0 Å². The Hall–Kier alpha value is -1.40. The van der Waals surface area contributed by atoms with Gasteiger partial charge in [-0.25, -0.2) is 0 Å². The molecule has 1 aromatic heterocycles. The summed E-state index contributed by atoms with van der Waals surface area (Å²) in [5.74, 6) is -0.954. The van der Waals surface area contributed by atoms with E-state index in [9.17, 15) is 15.0 Å². The number of aromatic nitrogens is 2. The maximum absolute atomic E-state index is 10.7. The number of amides is 1. The van der Waals surface area contributed by atoms with Crippen molar-refractivity contribution in [3.05, 3.63) is 17.0 Å². The second-order valence-corrected chi connectivity index (χ2v) is 3.50. The zero-order valence-corrected chi connectivity index (χ0v) is 8.93. The lowest BCUT2D eigenvalue weighted by atomic mass is 10.0. The van der Waals surface area contributed by atoms with Crippen LogP contribution in [0, 0.1) is 13.8 Å². The highest BCUT2D eigenvalue weighted by Gasteiger charge is 2.28. The van der Waals surface area contributed by atoms with Crippen molar-refractivity contribution in [2.24, 2.45) is 12.8 Å². The number of hydrogen-bond acceptors (Lipinski definition) is 4. The molecule has 84 valence electrons. The van der Waals surface area contributed by atoms with E-state index in [1.165, 1.54) is 0 Å². The Bertz CT molecular complexity index is 386. The van der Waals surface area contributed by atoms with E-state index in [2.05, 4.69) is 5.10 Å². The van der Waals surface area contributed by atoms with Gasteiger partial charge in [-0.3, -0.25) is 9.48 Å². The molecule has 2 atom stereocenters. The third-order valence-electron chi connectivity index (χ3n) is 2.45. The summed E-state index contributed by atoms with van der Waals surface area (Å²) in [6.07, 6.45) is -2.93. The molecule has 1 heterocycles. The molecule has 0 radical (unpaired) electrons. The van der Waals surface area contributed by atoms with Gasteiger partial charge in [-0.1, -0.05) is 0 Å². The summed E-state index contributed by atoms with van der Waals surface area (Å²) < 4.78 is 1.57. The zero-order chi connectivity index (χ0) is 11.7. The van der Waals surface area contributed by atoms with Gasteiger partial charge in [0.1, 0.15) is 6.10 Å². The maximum Gasteiger partial charge on any atom is 0.249 e. The van der Waals surface area contributed by atoms with Crippen LogP contribution in [-0.4, -0.2) is 32.0 Å². The fraction of sp³-hybridized carbons (Fsp3) is 0.556. The van der Waals surface area contributed by atoms with Gasteiger partial charge < -0.3 is 15.9 Å². The average molecular weight is 213 g/mol. The van der Waals surface area contributed by atoms with Gasteiger partial charge in [-0.05, 0) is 13.8 Å². The van der Waals surface area contributed by atoms with Crippen molar-refractivity contribution in [2.45, 2.75) is 26.1 Å². The SMILES string of the molecule is Cc1nn(C)c(C)c1C(O)C(O)C(N)=O. The number of primary amides is 1.